The number of hydrogen-bond acceptors (Lipinski definition) is 0. The van der Waals surface area contributed by atoms with Gasteiger partial charge in [0.05, 0.1) is 26.7 Å². The Bertz CT molecular complexity index is 76.8. The van der Waals surface area contributed by atoms with Crippen molar-refractivity contribution in [2.24, 2.45) is 0 Å². The maximum atomic E-state index is 2.39. The lowest BCUT2D eigenvalue weighted by atomic mass is 10.2. The molecule has 0 saturated carbocycles. The first-order valence-corrected chi connectivity index (χ1v) is 5.02. The standard InChI is InChI=1S/C10H24N.FH/c1-5-8-11(4,9-6-2)10-7-3;/h5-10H2,1-4H3;1H/q+1;/p-1. The summed E-state index contributed by atoms with van der Waals surface area (Å²) < 4.78 is 1.28. The number of halogens is 1. The lowest BCUT2D eigenvalue weighted by molar-refractivity contribution is -0.909. The van der Waals surface area contributed by atoms with Gasteiger partial charge in [-0.25, -0.2) is 0 Å². The summed E-state index contributed by atoms with van der Waals surface area (Å²) in [6.45, 7) is 10.9. The molecule has 0 spiro atoms. The molecule has 0 aliphatic carbocycles. The van der Waals surface area contributed by atoms with Crippen molar-refractivity contribution in [3.63, 3.8) is 0 Å². The maximum absolute atomic E-state index is 2.39. The van der Waals surface area contributed by atoms with Crippen molar-refractivity contribution in [3.8, 4) is 0 Å². The Morgan fingerprint density at radius 2 is 1.00 bits per heavy atom. The molecule has 0 unspecified atom stereocenters. The van der Waals surface area contributed by atoms with Crippen molar-refractivity contribution in [2.45, 2.75) is 40.0 Å². The van der Waals surface area contributed by atoms with Crippen molar-refractivity contribution in [3.05, 3.63) is 0 Å². The number of nitrogens with zero attached hydrogens (tertiary/aromatic N) is 1. The van der Waals surface area contributed by atoms with Gasteiger partial charge in [0.25, 0.3) is 0 Å². The summed E-state index contributed by atoms with van der Waals surface area (Å²) in [6, 6.07) is 0. The first kappa shape index (κ1) is 14.4. The van der Waals surface area contributed by atoms with Crippen LogP contribution in [0.25, 0.3) is 0 Å². The fourth-order valence-electron chi connectivity index (χ4n) is 1.95. The summed E-state index contributed by atoms with van der Waals surface area (Å²) in [7, 11) is 2.39. The fourth-order valence-corrected chi connectivity index (χ4v) is 1.95. The summed E-state index contributed by atoms with van der Waals surface area (Å²) in [5, 5.41) is 0. The Hall–Kier alpha value is -0.110. The Morgan fingerprint density at radius 3 is 1.17 bits per heavy atom. The molecule has 0 rings (SSSR count). The van der Waals surface area contributed by atoms with Gasteiger partial charge in [0.2, 0.25) is 0 Å². The quantitative estimate of drug-likeness (QED) is 0.487. The zero-order valence-electron chi connectivity index (χ0n) is 9.07. The van der Waals surface area contributed by atoms with E-state index in [1.165, 1.54) is 43.4 Å². The van der Waals surface area contributed by atoms with Crippen LogP contribution in [0.15, 0.2) is 0 Å². The lowest BCUT2D eigenvalue weighted by Gasteiger charge is -2.33. The van der Waals surface area contributed by atoms with Crippen molar-refractivity contribution in [1.29, 1.82) is 0 Å². The summed E-state index contributed by atoms with van der Waals surface area (Å²) >= 11 is 0. The zero-order valence-corrected chi connectivity index (χ0v) is 9.07. The molecule has 76 valence electrons. The molecule has 0 fully saturated rings. The second kappa shape index (κ2) is 7.53. The van der Waals surface area contributed by atoms with Crippen LogP contribution >= 0.6 is 0 Å². The van der Waals surface area contributed by atoms with Gasteiger partial charge in [-0.2, -0.15) is 0 Å². The molecular formula is C10H24FN. The van der Waals surface area contributed by atoms with Crippen LogP contribution < -0.4 is 4.70 Å². The predicted octanol–water partition coefficient (Wildman–Crippen LogP) is -0.333. The van der Waals surface area contributed by atoms with E-state index in [9.17, 15) is 0 Å². The Balaban J connectivity index is 0. The normalized spacial score (nSPS) is 11.0. The third kappa shape index (κ3) is 5.53. The molecule has 0 saturated heterocycles. The van der Waals surface area contributed by atoms with Crippen LogP contribution in [0.5, 0.6) is 0 Å². The summed E-state index contributed by atoms with van der Waals surface area (Å²) in [6.07, 6.45) is 3.95. The van der Waals surface area contributed by atoms with E-state index in [4.69, 9.17) is 0 Å². The van der Waals surface area contributed by atoms with Crippen LogP contribution in [0.3, 0.4) is 0 Å². The van der Waals surface area contributed by atoms with E-state index in [1.807, 2.05) is 0 Å². The van der Waals surface area contributed by atoms with E-state index >= 15 is 0 Å². The molecule has 0 bridgehead atoms. The number of rotatable bonds is 6. The summed E-state index contributed by atoms with van der Waals surface area (Å²) in [5.74, 6) is 0. The summed E-state index contributed by atoms with van der Waals surface area (Å²) in [5.41, 5.74) is 0. The van der Waals surface area contributed by atoms with Gasteiger partial charge in [0.15, 0.2) is 0 Å². The molecule has 0 aromatic heterocycles. The van der Waals surface area contributed by atoms with E-state index < -0.39 is 0 Å². The highest BCUT2D eigenvalue weighted by Crippen LogP contribution is 2.06. The van der Waals surface area contributed by atoms with Gasteiger partial charge < -0.3 is 9.19 Å². The first-order valence-electron chi connectivity index (χ1n) is 5.02. The molecule has 12 heavy (non-hydrogen) atoms. The molecule has 0 aliphatic rings. The van der Waals surface area contributed by atoms with Crippen molar-refractivity contribution >= 4 is 0 Å². The van der Waals surface area contributed by atoms with Gasteiger partial charge in [0.1, 0.15) is 0 Å². The van der Waals surface area contributed by atoms with Crippen molar-refractivity contribution in [1.82, 2.24) is 0 Å². The van der Waals surface area contributed by atoms with Crippen molar-refractivity contribution in [2.75, 3.05) is 26.7 Å². The van der Waals surface area contributed by atoms with Gasteiger partial charge in [-0.3, -0.25) is 0 Å². The Labute approximate surface area is 76.7 Å². The molecule has 0 amide bonds. The minimum absolute atomic E-state index is 0. The SMILES string of the molecule is CCC[N+](C)(CCC)CCC.[F-]. The van der Waals surface area contributed by atoms with E-state index in [2.05, 4.69) is 27.8 Å². The van der Waals surface area contributed by atoms with Crippen LogP contribution in [-0.4, -0.2) is 31.2 Å². The van der Waals surface area contributed by atoms with Crippen LogP contribution in [0.4, 0.5) is 0 Å². The van der Waals surface area contributed by atoms with Crippen LogP contribution in [-0.2, 0) is 0 Å². The third-order valence-corrected chi connectivity index (χ3v) is 2.29. The number of quaternary nitrogens is 1. The van der Waals surface area contributed by atoms with E-state index in [0.717, 1.165) is 0 Å². The molecule has 1 nitrogen and oxygen atoms in total. The second-order valence-electron chi connectivity index (χ2n) is 3.79. The molecule has 0 radical (unpaired) electrons. The second-order valence-corrected chi connectivity index (χ2v) is 3.79. The molecule has 0 N–H and O–H groups in total. The van der Waals surface area contributed by atoms with Gasteiger partial charge in [-0.15, -0.1) is 0 Å². The van der Waals surface area contributed by atoms with Crippen LogP contribution in [0, 0.1) is 0 Å². The lowest BCUT2D eigenvalue weighted by Crippen LogP contribution is -3.00. The van der Waals surface area contributed by atoms with E-state index in [-0.39, 0.29) is 4.70 Å². The van der Waals surface area contributed by atoms with Crippen LogP contribution in [0.1, 0.15) is 40.0 Å². The highest BCUT2D eigenvalue weighted by atomic mass is 19.0. The molecule has 0 aromatic carbocycles. The molecular weight excluding hydrogens is 153 g/mol. The molecule has 0 atom stereocenters. The third-order valence-electron chi connectivity index (χ3n) is 2.29. The predicted molar refractivity (Wildman–Crippen MR) is 51.7 cm³/mol. The average molecular weight is 177 g/mol. The highest BCUT2D eigenvalue weighted by Gasteiger charge is 2.16. The van der Waals surface area contributed by atoms with Crippen molar-refractivity contribution < 1.29 is 9.19 Å². The van der Waals surface area contributed by atoms with E-state index in [1.54, 1.807) is 0 Å². The molecule has 2 heteroatoms. The maximum Gasteiger partial charge on any atom is 0.0781 e. The topological polar surface area (TPSA) is 0 Å². The fraction of sp³-hybridized carbons (Fsp3) is 1.00. The van der Waals surface area contributed by atoms with Gasteiger partial charge in [-0.1, -0.05) is 20.8 Å². The van der Waals surface area contributed by atoms with Gasteiger partial charge in [0, 0.05) is 0 Å². The first-order chi connectivity index (χ1) is 5.18. The molecule has 0 aliphatic heterocycles. The minimum atomic E-state index is 0. The smallest absolute Gasteiger partial charge is 0.0781 e. The zero-order chi connectivity index (χ0) is 8.74. The minimum Gasteiger partial charge on any atom is -1.00 e. The largest absolute Gasteiger partial charge is 1.00 e. The molecule has 0 aromatic rings. The Kier molecular flexibility index (Phi) is 9.05. The van der Waals surface area contributed by atoms with Crippen LogP contribution in [0.2, 0.25) is 0 Å². The monoisotopic (exact) mass is 177 g/mol. The Morgan fingerprint density at radius 1 is 0.750 bits per heavy atom. The molecule has 0 heterocycles. The summed E-state index contributed by atoms with van der Waals surface area (Å²) in [4.78, 5) is 0. The number of hydrogen-bond donors (Lipinski definition) is 0. The average Bonchev–Trinajstić information content (AvgIpc) is 1.88. The highest BCUT2D eigenvalue weighted by molar-refractivity contribution is 4.37. The van der Waals surface area contributed by atoms with Gasteiger partial charge in [-0.05, 0) is 19.3 Å². The van der Waals surface area contributed by atoms with E-state index in [0.29, 0.717) is 0 Å². The van der Waals surface area contributed by atoms with Gasteiger partial charge >= 0.3 is 0 Å².